The number of Topliss-reactive ketones (excluding diaryl/α,β-unsaturated/α-hetero) is 1. The van der Waals surface area contributed by atoms with Gasteiger partial charge in [-0.1, -0.05) is 36.9 Å². The van der Waals surface area contributed by atoms with Crippen molar-refractivity contribution in [2.75, 3.05) is 0 Å². The molecule has 1 aromatic carbocycles. The number of hydrogen-bond donors (Lipinski definition) is 0. The molecule has 1 unspecified atom stereocenters. The summed E-state index contributed by atoms with van der Waals surface area (Å²) in [7, 11) is 0. The van der Waals surface area contributed by atoms with Gasteiger partial charge in [-0.25, -0.2) is 0 Å². The number of carbonyl (C=O) groups is 2. The second-order valence-electron chi connectivity index (χ2n) is 4.46. The molecule has 0 bridgehead atoms. The van der Waals surface area contributed by atoms with E-state index in [4.69, 9.17) is 4.74 Å². The molecule has 1 aliphatic heterocycles. The van der Waals surface area contributed by atoms with Gasteiger partial charge in [0, 0.05) is 18.4 Å². The largest absolute Gasteiger partial charge is 0.458 e. The molecule has 1 heterocycles. The van der Waals surface area contributed by atoms with Crippen LogP contribution in [0.15, 0.2) is 42.5 Å². The Hall–Kier alpha value is -1.90. The topological polar surface area (TPSA) is 43.4 Å². The van der Waals surface area contributed by atoms with Crippen molar-refractivity contribution in [2.24, 2.45) is 0 Å². The molecule has 3 heteroatoms. The minimum Gasteiger partial charge on any atom is -0.458 e. The average molecular weight is 244 g/mol. The average Bonchev–Trinajstić information content (AvgIpc) is 2.83. The highest BCUT2D eigenvalue weighted by molar-refractivity contribution is 5.96. The van der Waals surface area contributed by atoms with Gasteiger partial charge in [-0.15, -0.1) is 0 Å². The molecule has 1 aromatic rings. The first-order valence-electron chi connectivity index (χ1n) is 6.12. The Balaban J connectivity index is 1.83. The van der Waals surface area contributed by atoms with Crippen LogP contribution < -0.4 is 0 Å². The predicted octanol–water partition coefficient (Wildman–Crippen LogP) is 2.91. The molecule has 0 aliphatic carbocycles. The van der Waals surface area contributed by atoms with E-state index in [0.29, 0.717) is 31.2 Å². The number of cyclic esters (lactones) is 1. The van der Waals surface area contributed by atoms with E-state index in [1.54, 1.807) is 12.1 Å². The first kappa shape index (κ1) is 12.6. The summed E-state index contributed by atoms with van der Waals surface area (Å²) in [6.45, 7) is 3.91. The van der Waals surface area contributed by atoms with Crippen molar-refractivity contribution in [3.8, 4) is 0 Å². The van der Waals surface area contributed by atoms with E-state index in [1.165, 1.54) is 0 Å². The maximum absolute atomic E-state index is 11.9. The Morgan fingerprint density at radius 3 is 2.61 bits per heavy atom. The Morgan fingerprint density at radius 2 is 2.00 bits per heavy atom. The van der Waals surface area contributed by atoms with Gasteiger partial charge in [0.25, 0.3) is 0 Å². The van der Waals surface area contributed by atoms with E-state index in [-0.39, 0.29) is 17.9 Å². The SMILES string of the molecule is C=C(CCC(=O)c1ccccc1)C1CCC(=O)O1. The molecule has 0 aromatic heterocycles. The van der Waals surface area contributed by atoms with E-state index in [2.05, 4.69) is 6.58 Å². The van der Waals surface area contributed by atoms with Gasteiger partial charge in [0.2, 0.25) is 0 Å². The van der Waals surface area contributed by atoms with Crippen molar-refractivity contribution < 1.29 is 14.3 Å². The van der Waals surface area contributed by atoms with Crippen LogP contribution in [0.2, 0.25) is 0 Å². The second-order valence-corrected chi connectivity index (χ2v) is 4.46. The number of ether oxygens (including phenoxy) is 1. The van der Waals surface area contributed by atoms with E-state index in [9.17, 15) is 9.59 Å². The van der Waals surface area contributed by atoms with Gasteiger partial charge in [-0.3, -0.25) is 9.59 Å². The summed E-state index contributed by atoms with van der Waals surface area (Å²) in [5.74, 6) is -0.0726. The van der Waals surface area contributed by atoms with Crippen LogP contribution in [0.1, 0.15) is 36.0 Å². The minimum atomic E-state index is -0.193. The Morgan fingerprint density at radius 1 is 1.28 bits per heavy atom. The summed E-state index contributed by atoms with van der Waals surface area (Å²) in [6.07, 6.45) is 1.94. The lowest BCUT2D eigenvalue weighted by Gasteiger charge is -2.12. The number of ketones is 1. The van der Waals surface area contributed by atoms with E-state index < -0.39 is 0 Å². The van der Waals surface area contributed by atoms with Gasteiger partial charge in [0.1, 0.15) is 6.10 Å². The van der Waals surface area contributed by atoms with Crippen LogP contribution in [-0.2, 0) is 9.53 Å². The lowest BCUT2D eigenvalue weighted by molar-refractivity contribution is -0.140. The highest BCUT2D eigenvalue weighted by Crippen LogP contribution is 2.23. The van der Waals surface area contributed by atoms with Crippen molar-refractivity contribution in [1.29, 1.82) is 0 Å². The third-order valence-corrected chi connectivity index (χ3v) is 3.11. The number of rotatable bonds is 5. The zero-order chi connectivity index (χ0) is 13.0. The smallest absolute Gasteiger partial charge is 0.306 e. The molecule has 94 valence electrons. The summed E-state index contributed by atoms with van der Waals surface area (Å²) < 4.78 is 5.11. The van der Waals surface area contributed by atoms with Crippen LogP contribution >= 0.6 is 0 Å². The fourth-order valence-electron chi connectivity index (χ4n) is 2.02. The maximum atomic E-state index is 11.9. The maximum Gasteiger partial charge on any atom is 0.306 e. The number of esters is 1. The lowest BCUT2D eigenvalue weighted by atomic mass is 9.99. The van der Waals surface area contributed by atoms with Crippen molar-refractivity contribution in [2.45, 2.75) is 31.8 Å². The highest BCUT2D eigenvalue weighted by Gasteiger charge is 2.25. The zero-order valence-corrected chi connectivity index (χ0v) is 10.2. The first-order valence-corrected chi connectivity index (χ1v) is 6.12. The summed E-state index contributed by atoms with van der Waals surface area (Å²) in [5, 5.41) is 0. The third-order valence-electron chi connectivity index (χ3n) is 3.11. The third kappa shape index (κ3) is 3.06. The molecular weight excluding hydrogens is 228 g/mol. The van der Waals surface area contributed by atoms with Gasteiger partial charge in [-0.2, -0.15) is 0 Å². The summed E-state index contributed by atoms with van der Waals surface area (Å²) >= 11 is 0. The van der Waals surface area contributed by atoms with Gasteiger partial charge < -0.3 is 4.74 Å². The fourth-order valence-corrected chi connectivity index (χ4v) is 2.02. The molecule has 0 N–H and O–H groups in total. The number of carbonyl (C=O) groups excluding carboxylic acids is 2. The second kappa shape index (κ2) is 5.63. The molecule has 0 radical (unpaired) electrons. The normalized spacial score (nSPS) is 18.4. The standard InChI is InChI=1S/C15H16O3/c1-11(14-9-10-15(17)18-14)7-8-13(16)12-5-3-2-4-6-12/h2-6,14H,1,7-10H2. The van der Waals surface area contributed by atoms with Crippen LogP contribution in [0.25, 0.3) is 0 Å². The predicted molar refractivity (Wildman–Crippen MR) is 68.3 cm³/mol. The van der Waals surface area contributed by atoms with Gasteiger partial charge in [-0.05, 0) is 18.4 Å². The monoisotopic (exact) mass is 244 g/mol. The summed E-state index contributed by atoms with van der Waals surface area (Å²) in [6, 6.07) is 9.19. The highest BCUT2D eigenvalue weighted by atomic mass is 16.5. The Kier molecular flexibility index (Phi) is 3.92. The first-order chi connectivity index (χ1) is 8.66. The fraction of sp³-hybridized carbons (Fsp3) is 0.333. The van der Waals surface area contributed by atoms with Crippen LogP contribution in [-0.4, -0.2) is 17.9 Å². The van der Waals surface area contributed by atoms with Crippen LogP contribution in [0.3, 0.4) is 0 Å². The van der Waals surface area contributed by atoms with Crippen molar-refractivity contribution in [3.05, 3.63) is 48.0 Å². The molecular formula is C15H16O3. The molecule has 1 fully saturated rings. The van der Waals surface area contributed by atoms with Gasteiger partial charge in [0.15, 0.2) is 5.78 Å². The van der Waals surface area contributed by atoms with Crippen molar-refractivity contribution in [1.82, 2.24) is 0 Å². The quantitative estimate of drug-likeness (QED) is 0.454. The van der Waals surface area contributed by atoms with Gasteiger partial charge >= 0.3 is 5.97 Å². The summed E-state index contributed by atoms with van der Waals surface area (Å²) in [5.41, 5.74) is 1.55. The van der Waals surface area contributed by atoms with E-state index in [1.807, 2.05) is 18.2 Å². The van der Waals surface area contributed by atoms with Crippen molar-refractivity contribution >= 4 is 11.8 Å². The number of hydrogen-bond acceptors (Lipinski definition) is 3. The van der Waals surface area contributed by atoms with Crippen molar-refractivity contribution in [3.63, 3.8) is 0 Å². The summed E-state index contributed by atoms with van der Waals surface area (Å²) in [4.78, 5) is 22.9. The van der Waals surface area contributed by atoms with E-state index >= 15 is 0 Å². The van der Waals surface area contributed by atoms with Crippen LogP contribution in [0, 0.1) is 0 Å². The van der Waals surface area contributed by atoms with Crippen LogP contribution in [0.5, 0.6) is 0 Å². The minimum absolute atomic E-state index is 0.0982. The molecule has 3 nitrogen and oxygen atoms in total. The molecule has 18 heavy (non-hydrogen) atoms. The Bertz CT molecular complexity index is 462. The van der Waals surface area contributed by atoms with E-state index in [0.717, 1.165) is 5.57 Å². The lowest BCUT2D eigenvalue weighted by Crippen LogP contribution is -2.11. The molecule has 1 atom stereocenters. The van der Waals surface area contributed by atoms with Gasteiger partial charge in [0.05, 0.1) is 0 Å². The Labute approximate surface area is 106 Å². The molecule has 0 amide bonds. The molecule has 0 spiro atoms. The molecule has 2 rings (SSSR count). The molecule has 1 saturated heterocycles. The number of benzene rings is 1. The molecule has 1 aliphatic rings. The van der Waals surface area contributed by atoms with Crippen LogP contribution in [0.4, 0.5) is 0 Å². The zero-order valence-electron chi connectivity index (χ0n) is 10.2. The molecule has 0 saturated carbocycles.